The molecule has 0 aromatic carbocycles. The predicted molar refractivity (Wildman–Crippen MR) is 67.0 cm³/mol. The highest BCUT2D eigenvalue weighted by Crippen LogP contribution is 2.46. The van der Waals surface area contributed by atoms with Gasteiger partial charge in [0, 0.05) is 29.9 Å². The predicted octanol–water partition coefficient (Wildman–Crippen LogP) is 1.64. The van der Waals surface area contributed by atoms with Gasteiger partial charge in [0.15, 0.2) is 0 Å². The van der Waals surface area contributed by atoms with Crippen molar-refractivity contribution in [2.24, 2.45) is 5.92 Å². The quantitative estimate of drug-likeness (QED) is 0.882. The lowest BCUT2D eigenvalue weighted by atomic mass is 10.2. The molecule has 1 aliphatic carbocycles. The molecule has 2 heterocycles. The van der Waals surface area contributed by atoms with Crippen LogP contribution in [0.5, 0.6) is 6.01 Å². The lowest BCUT2D eigenvalue weighted by molar-refractivity contribution is 0.274. The second kappa shape index (κ2) is 4.60. The van der Waals surface area contributed by atoms with Crippen LogP contribution in [0, 0.1) is 5.92 Å². The van der Waals surface area contributed by atoms with Gasteiger partial charge in [-0.3, -0.25) is 4.98 Å². The third-order valence-electron chi connectivity index (χ3n) is 3.07. The first-order valence-electron chi connectivity index (χ1n) is 5.95. The molecule has 1 aliphatic rings. The van der Waals surface area contributed by atoms with Crippen molar-refractivity contribution in [3.05, 3.63) is 42.4 Å². The molecule has 1 fully saturated rings. The summed E-state index contributed by atoms with van der Waals surface area (Å²) in [5.74, 6) is 1.44. The summed E-state index contributed by atoms with van der Waals surface area (Å²) >= 11 is 0. The number of anilines is 1. The molecule has 0 radical (unpaired) electrons. The number of hydrogen-bond donors (Lipinski definition) is 1. The molecule has 2 atom stereocenters. The second-order valence-corrected chi connectivity index (χ2v) is 4.43. The molecular formula is C13H14N4O. The van der Waals surface area contributed by atoms with Crippen LogP contribution in [0.25, 0.3) is 0 Å². The van der Waals surface area contributed by atoms with Crippen LogP contribution in [0.4, 0.5) is 5.82 Å². The third kappa shape index (κ3) is 2.40. The minimum absolute atomic E-state index is 0.349. The zero-order valence-electron chi connectivity index (χ0n) is 9.86. The van der Waals surface area contributed by atoms with Crippen LogP contribution in [0.3, 0.4) is 0 Å². The van der Waals surface area contributed by atoms with Crippen LogP contribution >= 0.6 is 0 Å². The molecule has 2 unspecified atom stereocenters. The molecule has 3 rings (SSSR count). The molecule has 5 heteroatoms. The van der Waals surface area contributed by atoms with Crippen LogP contribution in [-0.4, -0.2) is 21.6 Å². The van der Waals surface area contributed by atoms with Crippen LogP contribution in [-0.2, 0) is 0 Å². The molecule has 0 bridgehead atoms. The zero-order chi connectivity index (χ0) is 12.4. The van der Waals surface area contributed by atoms with Gasteiger partial charge in [0.05, 0.1) is 6.61 Å². The number of hydrogen-bond acceptors (Lipinski definition) is 5. The second-order valence-electron chi connectivity index (χ2n) is 4.43. The van der Waals surface area contributed by atoms with Gasteiger partial charge in [0.25, 0.3) is 0 Å². The molecule has 5 nitrogen and oxygen atoms in total. The molecule has 2 aromatic heterocycles. The molecule has 2 aromatic rings. The first-order valence-corrected chi connectivity index (χ1v) is 5.95. The topological polar surface area (TPSA) is 73.9 Å². The Kier molecular flexibility index (Phi) is 2.80. The van der Waals surface area contributed by atoms with Crippen molar-refractivity contribution in [1.82, 2.24) is 15.0 Å². The Balaban J connectivity index is 1.55. The minimum Gasteiger partial charge on any atom is -0.463 e. The Morgan fingerprint density at radius 1 is 1.22 bits per heavy atom. The fourth-order valence-corrected chi connectivity index (χ4v) is 1.99. The number of nitrogen functional groups attached to an aromatic ring is 1. The van der Waals surface area contributed by atoms with E-state index in [0.29, 0.717) is 30.3 Å². The van der Waals surface area contributed by atoms with Crippen molar-refractivity contribution in [3.8, 4) is 6.01 Å². The van der Waals surface area contributed by atoms with Gasteiger partial charge in [-0.05, 0) is 24.6 Å². The van der Waals surface area contributed by atoms with E-state index in [2.05, 4.69) is 21.0 Å². The van der Waals surface area contributed by atoms with E-state index in [4.69, 9.17) is 10.5 Å². The van der Waals surface area contributed by atoms with Gasteiger partial charge in [-0.25, -0.2) is 4.98 Å². The number of pyridine rings is 1. The van der Waals surface area contributed by atoms with Crippen LogP contribution in [0.1, 0.15) is 18.0 Å². The van der Waals surface area contributed by atoms with Crippen molar-refractivity contribution >= 4 is 5.82 Å². The van der Waals surface area contributed by atoms with E-state index < -0.39 is 0 Å². The first-order chi connectivity index (χ1) is 8.83. The Bertz CT molecular complexity index is 532. The van der Waals surface area contributed by atoms with Crippen molar-refractivity contribution in [2.45, 2.75) is 12.3 Å². The van der Waals surface area contributed by atoms with Crippen molar-refractivity contribution in [1.29, 1.82) is 0 Å². The molecule has 18 heavy (non-hydrogen) atoms. The van der Waals surface area contributed by atoms with E-state index in [1.54, 1.807) is 12.3 Å². The number of nitrogens with zero attached hydrogens (tertiary/aromatic N) is 3. The summed E-state index contributed by atoms with van der Waals surface area (Å²) in [4.78, 5) is 12.4. The monoisotopic (exact) mass is 242 g/mol. The largest absolute Gasteiger partial charge is 0.463 e. The fraction of sp³-hybridized carbons (Fsp3) is 0.308. The SMILES string of the molecule is Nc1ccnc(OCC2CC2c2ccccn2)n1. The summed E-state index contributed by atoms with van der Waals surface area (Å²) in [7, 11) is 0. The molecular weight excluding hydrogens is 228 g/mol. The smallest absolute Gasteiger partial charge is 0.318 e. The summed E-state index contributed by atoms with van der Waals surface area (Å²) in [6, 6.07) is 7.99. The Morgan fingerprint density at radius 2 is 2.17 bits per heavy atom. The highest BCUT2D eigenvalue weighted by molar-refractivity contribution is 5.26. The molecule has 0 amide bonds. The van der Waals surface area contributed by atoms with E-state index in [0.717, 1.165) is 12.1 Å². The normalized spacial score (nSPS) is 21.6. The van der Waals surface area contributed by atoms with E-state index in [-0.39, 0.29) is 0 Å². The van der Waals surface area contributed by atoms with E-state index in [9.17, 15) is 0 Å². The first kappa shape index (κ1) is 11.0. The number of ether oxygens (including phenoxy) is 1. The van der Waals surface area contributed by atoms with Crippen molar-refractivity contribution in [2.75, 3.05) is 12.3 Å². The summed E-state index contributed by atoms with van der Waals surface area (Å²) in [5.41, 5.74) is 6.70. The maximum atomic E-state index is 5.56. The lowest BCUT2D eigenvalue weighted by Crippen LogP contribution is -2.05. The molecule has 0 saturated heterocycles. The maximum absolute atomic E-state index is 5.56. The molecule has 2 N–H and O–H groups in total. The maximum Gasteiger partial charge on any atom is 0.318 e. The number of aromatic nitrogens is 3. The van der Waals surface area contributed by atoms with Crippen molar-refractivity contribution in [3.63, 3.8) is 0 Å². The Hall–Kier alpha value is -2.17. The van der Waals surface area contributed by atoms with Gasteiger partial charge in [0.1, 0.15) is 5.82 Å². The highest BCUT2D eigenvalue weighted by atomic mass is 16.5. The minimum atomic E-state index is 0.349. The molecule has 0 spiro atoms. The summed E-state index contributed by atoms with van der Waals surface area (Å²) < 4.78 is 5.53. The van der Waals surface area contributed by atoms with Gasteiger partial charge >= 0.3 is 6.01 Å². The van der Waals surface area contributed by atoms with Gasteiger partial charge in [-0.15, -0.1) is 0 Å². The number of nitrogens with two attached hydrogens (primary N) is 1. The van der Waals surface area contributed by atoms with E-state index in [1.807, 2.05) is 18.3 Å². The fourth-order valence-electron chi connectivity index (χ4n) is 1.99. The average molecular weight is 242 g/mol. The van der Waals surface area contributed by atoms with Gasteiger partial charge in [-0.2, -0.15) is 4.98 Å². The molecule has 1 saturated carbocycles. The zero-order valence-corrected chi connectivity index (χ0v) is 9.86. The average Bonchev–Trinajstić information content (AvgIpc) is 3.17. The van der Waals surface area contributed by atoms with E-state index >= 15 is 0 Å². The third-order valence-corrected chi connectivity index (χ3v) is 3.07. The van der Waals surface area contributed by atoms with Crippen LogP contribution < -0.4 is 10.5 Å². The summed E-state index contributed by atoms with van der Waals surface area (Å²) in [6.45, 7) is 0.616. The highest BCUT2D eigenvalue weighted by Gasteiger charge is 2.39. The van der Waals surface area contributed by atoms with Crippen molar-refractivity contribution < 1.29 is 4.74 Å². The van der Waals surface area contributed by atoms with E-state index in [1.165, 1.54) is 0 Å². The standard InChI is InChI=1S/C13H14N4O/c14-12-4-6-16-13(17-12)18-8-9-7-10(9)11-3-1-2-5-15-11/h1-6,9-10H,7-8H2,(H2,14,16,17). The lowest BCUT2D eigenvalue weighted by Gasteiger charge is -2.03. The van der Waals surface area contributed by atoms with Crippen LogP contribution in [0.15, 0.2) is 36.7 Å². The number of rotatable bonds is 4. The summed E-state index contributed by atoms with van der Waals surface area (Å²) in [5, 5.41) is 0. The summed E-state index contributed by atoms with van der Waals surface area (Å²) in [6.07, 6.45) is 4.53. The van der Waals surface area contributed by atoms with Gasteiger partial charge < -0.3 is 10.5 Å². The molecule has 0 aliphatic heterocycles. The Morgan fingerprint density at radius 3 is 2.94 bits per heavy atom. The Labute approximate surface area is 105 Å². The van der Waals surface area contributed by atoms with Gasteiger partial charge in [0.2, 0.25) is 0 Å². The van der Waals surface area contributed by atoms with Gasteiger partial charge in [-0.1, -0.05) is 6.07 Å². The molecule has 92 valence electrons. The van der Waals surface area contributed by atoms with Crippen LogP contribution in [0.2, 0.25) is 0 Å².